The molecule has 1 aromatic rings. The molecule has 0 heterocycles. The Balaban J connectivity index is 1.67. The van der Waals surface area contributed by atoms with E-state index in [4.69, 9.17) is 5.73 Å². The largest absolute Gasteiger partial charge is 0.506 e. The van der Waals surface area contributed by atoms with Crippen LogP contribution in [0.5, 0.6) is 5.75 Å². The summed E-state index contributed by atoms with van der Waals surface area (Å²) in [5.74, 6) is 1.12. The number of nitrogen functional groups attached to an aromatic ring is 1. The van der Waals surface area contributed by atoms with Crippen LogP contribution in [0.25, 0.3) is 0 Å². The van der Waals surface area contributed by atoms with Crippen LogP contribution >= 0.6 is 0 Å². The highest BCUT2D eigenvalue weighted by atomic mass is 16.3. The van der Waals surface area contributed by atoms with Gasteiger partial charge in [-0.05, 0) is 49.3 Å². The van der Waals surface area contributed by atoms with Gasteiger partial charge in [-0.25, -0.2) is 0 Å². The Bertz CT molecular complexity index is 411. The highest BCUT2D eigenvalue weighted by molar-refractivity contribution is 5.53. The summed E-state index contributed by atoms with van der Waals surface area (Å²) in [5, 5.41) is 9.42. The van der Waals surface area contributed by atoms with Crippen molar-refractivity contribution in [2.45, 2.75) is 38.3 Å². The van der Waals surface area contributed by atoms with Crippen molar-refractivity contribution in [1.82, 2.24) is 4.90 Å². The topological polar surface area (TPSA) is 49.5 Å². The summed E-state index contributed by atoms with van der Waals surface area (Å²) in [6.07, 6.45) is 5.50. The van der Waals surface area contributed by atoms with E-state index in [9.17, 15) is 5.11 Å². The van der Waals surface area contributed by atoms with Crippen molar-refractivity contribution in [2.24, 2.45) is 5.92 Å². The molecule has 1 aromatic carbocycles. The molecule has 2 aliphatic rings. The second-order valence-electron chi connectivity index (χ2n) is 5.50. The third-order valence-corrected chi connectivity index (χ3v) is 3.73. The third kappa shape index (κ3) is 2.72. The van der Waals surface area contributed by atoms with E-state index in [0.717, 1.165) is 18.5 Å². The molecule has 2 fully saturated rings. The van der Waals surface area contributed by atoms with Crippen molar-refractivity contribution in [2.75, 3.05) is 12.3 Å². The van der Waals surface area contributed by atoms with Crippen LogP contribution in [0.3, 0.4) is 0 Å². The van der Waals surface area contributed by atoms with Crippen LogP contribution < -0.4 is 5.73 Å². The summed E-state index contributed by atoms with van der Waals surface area (Å²) in [5.41, 5.74) is 7.44. The van der Waals surface area contributed by atoms with E-state index in [0.29, 0.717) is 5.69 Å². The molecule has 0 aromatic heterocycles. The van der Waals surface area contributed by atoms with Gasteiger partial charge in [-0.15, -0.1) is 0 Å². The molecule has 0 spiro atoms. The number of hydrogen-bond acceptors (Lipinski definition) is 3. The molecule has 0 unspecified atom stereocenters. The van der Waals surface area contributed by atoms with Crippen molar-refractivity contribution in [1.29, 1.82) is 0 Å². The first-order valence-electron chi connectivity index (χ1n) is 6.54. The number of rotatable bonds is 5. The van der Waals surface area contributed by atoms with E-state index >= 15 is 0 Å². The lowest BCUT2D eigenvalue weighted by Gasteiger charge is -2.22. The molecule has 0 bridgehead atoms. The van der Waals surface area contributed by atoms with Crippen molar-refractivity contribution in [3.63, 3.8) is 0 Å². The molecule has 0 aliphatic heterocycles. The van der Waals surface area contributed by atoms with E-state index < -0.39 is 0 Å². The zero-order valence-corrected chi connectivity index (χ0v) is 10.1. The number of benzene rings is 1. The summed E-state index contributed by atoms with van der Waals surface area (Å²) < 4.78 is 0. The Hall–Kier alpha value is -1.22. The van der Waals surface area contributed by atoms with E-state index in [1.807, 2.05) is 12.1 Å². The van der Waals surface area contributed by atoms with Crippen LogP contribution in [0.4, 0.5) is 5.69 Å². The summed E-state index contributed by atoms with van der Waals surface area (Å²) >= 11 is 0. The molecule has 0 saturated heterocycles. The maximum Gasteiger partial charge on any atom is 0.138 e. The minimum Gasteiger partial charge on any atom is -0.506 e. The minimum atomic E-state index is 0.189. The van der Waals surface area contributed by atoms with Gasteiger partial charge in [0.1, 0.15) is 5.75 Å². The van der Waals surface area contributed by atoms with Gasteiger partial charge in [0.25, 0.3) is 0 Å². The average molecular weight is 232 g/mol. The van der Waals surface area contributed by atoms with Crippen molar-refractivity contribution < 1.29 is 5.11 Å². The summed E-state index contributed by atoms with van der Waals surface area (Å²) in [7, 11) is 0. The fourth-order valence-corrected chi connectivity index (χ4v) is 2.35. The Morgan fingerprint density at radius 1 is 1.24 bits per heavy atom. The first-order valence-corrected chi connectivity index (χ1v) is 6.54. The van der Waals surface area contributed by atoms with Gasteiger partial charge in [0.05, 0.1) is 5.69 Å². The Kier molecular flexibility index (Phi) is 2.71. The second kappa shape index (κ2) is 4.22. The maximum atomic E-state index is 9.42. The van der Waals surface area contributed by atoms with Gasteiger partial charge in [-0.2, -0.15) is 0 Å². The molecular formula is C14H20N2O. The summed E-state index contributed by atoms with van der Waals surface area (Å²) in [6, 6.07) is 6.38. The Labute approximate surface area is 102 Å². The number of nitrogens with zero attached hydrogens (tertiary/aromatic N) is 1. The molecule has 3 nitrogen and oxygen atoms in total. The number of aromatic hydroxyl groups is 1. The number of phenols is 1. The van der Waals surface area contributed by atoms with E-state index in [-0.39, 0.29) is 5.75 Å². The Morgan fingerprint density at radius 2 is 2.00 bits per heavy atom. The maximum absolute atomic E-state index is 9.42. The van der Waals surface area contributed by atoms with Crippen LogP contribution in [0.15, 0.2) is 18.2 Å². The minimum absolute atomic E-state index is 0.189. The smallest absolute Gasteiger partial charge is 0.138 e. The fraction of sp³-hybridized carbons (Fsp3) is 0.571. The molecule has 0 amide bonds. The molecule has 0 atom stereocenters. The Morgan fingerprint density at radius 3 is 2.59 bits per heavy atom. The van der Waals surface area contributed by atoms with Crippen LogP contribution in [-0.4, -0.2) is 22.6 Å². The van der Waals surface area contributed by atoms with Crippen LogP contribution in [0, 0.1) is 5.92 Å². The monoisotopic (exact) mass is 232 g/mol. The quantitative estimate of drug-likeness (QED) is 0.605. The number of anilines is 1. The zero-order chi connectivity index (χ0) is 11.8. The first kappa shape index (κ1) is 10.9. The molecule has 2 saturated carbocycles. The summed E-state index contributed by atoms with van der Waals surface area (Å²) in [6.45, 7) is 2.22. The zero-order valence-electron chi connectivity index (χ0n) is 10.1. The standard InChI is InChI=1S/C14H20N2O/c15-13-7-11(3-6-14(13)17)9-16(12-4-5-12)8-10-1-2-10/h3,6-7,10,12,17H,1-2,4-5,8-9,15H2. The lowest BCUT2D eigenvalue weighted by molar-refractivity contribution is 0.244. The van der Waals surface area contributed by atoms with Gasteiger partial charge in [-0.1, -0.05) is 6.07 Å². The summed E-state index contributed by atoms with van der Waals surface area (Å²) in [4.78, 5) is 2.59. The molecule has 0 radical (unpaired) electrons. The highest BCUT2D eigenvalue weighted by Crippen LogP contribution is 2.36. The number of hydrogen-bond donors (Lipinski definition) is 2. The lowest BCUT2D eigenvalue weighted by Crippen LogP contribution is -2.27. The van der Waals surface area contributed by atoms with Gasteiger partial charge in [0.15, 0.2) is 0 Å². The lowest BCUT2D eigenvalue weighted by atomic mass is 10.1. The number of nitrogens with two attached hydrogens (primary N) is 1. The van der Waals surface area contributed by atoms with Gasteiger partial charge in [0.2, 0.25) is 0 Å². The van der Waals surface area contributed by atoms with Gasteiger partial charge >= 0.3 is 0 Å². The molecule has 17 heavy (non-hydrogen) atoms. The molecular weight excluding hydrogens is 212 g/mol. The molecule has 92 valence electrons. The van der Waals surface area contributed by atoms with Crippen molar-refractivity contribution in [3.8, 4) is 5.75 Å². The van der Waals surface area contributed by atoms with E-state index in [1.165, 1.54) is 37.8 Å². The van der Waals surface area contributed by atoms with E-state index in [1.54, 1.807) is 6.07 Å². The second-order valence-corrected chi connectivity index (χ2v) is 5.50. The highest BCUT2D eigenvalue weighted by Gasteiger charge is 2.33. The molecule has 2 aliphatic carbocycles. The van der Waals surface area contributed by atoms with Crippen molar-refractivity contribution in [3.05, 3.63) is 23.8 Å². The molecule has 3 rings (SSSR count). The SMILES string of the molecule is Nc1cc(CN(CC2CC2)C2CC2)ccc1O. The molecule has 3 heteroatoms. The van der Waals surface area contributed by atoms with Crippen LogP contribution in [0.2, 0.25) is 0 Å². The van der Waals surface area contributed by atoms with Gasteiger partial charge < -0.3 is 10.8 Å². The third-order valence-electron chi connectivity index (χ3n) is 3.73. The van der Waals surface area contributed by atoms with Gasteiger partial charge in [-0.3, -0.25) is 4.90 Å². The average Bonchev–Trinajstić information content (AvgIpc) is 3.15. The predicted octanol–water partition coefficient (Wildman–Crippen LogP) is 2.35. The van der Waals surface area contributed by atoms with E-state index in [2.05, 4.69) is 4.90 Å². The first-order chi connectivity index (χ1) is 8.22. The number of phenolic OH excluding ortho intramolecular Hbond substituents is 1. The van der Waals surface area contributed by atoms with Crippen LogP contribution in [-0.2, 0) is 6.54 Å². The molecule has 3 N–H and O–H groups in total. The fourth-order valence-electron chi connectivity index (χ4n) is 2.35. The normalized spacial score (nSPS) is 19.8. The van der Waals surface area contributed by atoms with Crippen molar-refractivity contribution >= 4 is 5.69 Å². The predicted molar refractivity (Wildman–Crippen MR) is 68.7 cm³/mol. The van der Waals surface area contributed by atoms with Crippen LogP contribution in [0.1, 0.15) is 31.2 Å². The van der Waals surface area contributed by atoms with Gasteiger partial charge in [0, 0.05) is 19.1 Å².